The molecule has 3 rings (SSSR count). The van der Waals surface area contributed by atoms with Gasteiger partial charge in [0.25, 0.3) is 0 Å². The van der Waals surface area contributed by atoms with Gasteiger partial charge < -0.3 is 14.1 Å². The van der Waals surface area contributed by atoms with E-state index in [4.69, 9.17) is 9.16 Å². The number of tetrazole rings is 2. The molecule has 1 saturated heterocycles. The number of esters is 1. The van der Waals surface area contributed by atoms with Crippen molar-refractivity contribution in [2.24, 2.45) is 7.05 Å². The van der Waals surface area contributed by atoms with Gasteiger partial charge in [-0.3, -0.25) is 4.79 Å². The first-order valence-corrected chi connectivity index (χ1v) is 18.0. The Kier molecular flexibility index (Phi) is 10.0. The minimum Gasteiger partial charge on any atom is -0.467 e. The Morgan fingerprint density at radius 3 is 2.45 bits per heavy atom. The first kappa shape index (κ1) is 30.6. The Bertz CT molecular complexity index is 1150. The van der Waals surface area contributed by atoms with Crippen LogP contribution < -0.4 is 0 Å². The van der Waals surface area contributed by atoms with E-state index in [9.17, 15) is 9.59 Å². The number of ether oxygens (including phenoxy) is 1. The molecule has 1 amide bonds. The Morgan fingerprint density at radius 2 is 1.87 bits per heavy atom. The van der Waals surface area contributed by atoms with Crippen LogP contribution in [0.3, 0.4) is 0 Å². The second-order valence-electron chi connectivity index (χ2n) is 10.4. The molecule has 0 bridgehead atoms. The lowest BCUT2D eigenvalue weighted by Crippen LogP contribution is -2.61. The van der Waals surface area contributed by atoms with Gasteiger partial charge in [-0.1, -0.05) is 49.9 Å². The number of aryl methyl sites for hydroxylation is 1. The summed E-state index contributed by atoms with van der Waals surface area (Å²) in [6, 6.07) is -0.873. The van der Waals surface area contributed by atoms with Gasteiger partial charge in [0, 0.05) is 19.3 Å². The van der Waals surface area contributed by atoms with Gasteiger partial charge in [0.1, 0.15) is 5.25 Å². The van der Waals surface area contributed by atoms with Gasteiger partial charge >= 0.3 is 5.97 Å². The molecule has 0 aromatic carbocycles. The largest absolute Gasteiger partial charge is 0.467 e. The van der Waals surface area contributed by atoms with Gasteiger partial charge in [-0.05, 0) is 62.3 Å². The molecule has 3 heterocycles. The summed E-state index contributed by atoms with van der Waals surface area (Å²) in [7, 11) is 3.79. The third-order valence-corrected chi connectivity index (χ3v) is 14.8. The molecule has 1 aliphatic rings. The molecule has 0 radical (unpaired) electrons. The monoisotopic (exact) mass is 601 g/mol. The highest BCUT2D eigenvalue weighted by Gasteiger charge is 2.46. The van der Waals surface area contributed by atoms with Crippen LogP contribution in [0, 0.1) is 0 Å². The van der Waals surface area contributed by atoms with Crippen molar-refractivity contribution in [2.75, 3.05) is 19.4 Å². The van der Waals surface area contributed by atoms with Gasteiger partial charge in [0.15, 0.2) is 14.4 Å². The second-order valence-corrected chi connectivity index (χ2v) is 18.5. The van der Waals surface area contributed by atoms with E-state index in [1.54, 1.807) is 11.7 Å². The van der Waals surface area contributed by atoms with Crippen LogP contribution in [0.1, 0.15) is 27.7 Å². The van der Waals surface area contributed by atoms with Gasteiger partial charge in [0.05, 0.1) is 19.8 Å². The van der Waals surface area contributed by atoms with Gasteiger partial charge in [-0.2, -0.15) is 0 Å². The molecule has 2 aromatic heterocycles. The predicted molar refractivity (Wildman–Crippen MR) is 149 cm³/mol. The molecule has 1 fully saturated rings. The zero-order chi connectivity index (χ0) is 28.3. The number of carbonyl (C=O) groups excluding carboxylic acids is 2. The van der Waals surface area contributed by atoms with Crippen molar-refractivity contribution in [2.45, 2.75) is 80.1 Å². The molecule has 1 aliphatic heterocycles. The van der Waals surface area contributed by atoms with Gasteiger partial charge in [0.2, 0.25) is 16.2 Å². The van der Waals surface area contributed by atoms with Crippen LogP contribution in [0.15, 0.2) is 22.5 Å². The molecule has 0 aliphatic carbocycles. The first-order chi connectivity index (χ1) is 17.7. The standard InChI is InChI=1S/C21H35N9O4S3Si/c1-13(12-35-19-22-24-26-28(19)6)16(18(32)33-7)29-11-15(17(29)31)36-37-20-23-25-27-30(20)10-14(2)34-38(8,9)21(3,4)5/h14-16H,1,10-12H2,2-9H3/t14-,15+,16?/m1/s1. The fraction of sp³-hybridized carbons (Fsp3) is 0.714. The van der Waals surface area contributed by atoms with Crippen molar-refractivity contribution in [1.29, 1.82) is 0 Å². The van der Waals surface area contributed by atoms with Crippen molar-refractivity contribution < 1.29 is 18.8 Å². The number of hydrogen-bond donors (Lipinski definition) is 0. The van der Waals surface area contributed by atoms with Crippen molar-refractivity contribution in [3.8, 4) is 0 Å². The van der Waals surface area contributed by atoms with E-state index in [1.165, 1.54) is 50.0 Å². The van der Waals surface area contributed by atoms with Crippen LogP contribution in [0.2, 0.25) is 18.1 Å². The highest BCUT2D eigenvalue weighted by atomic mass is 33.1. The Morgan fingerprint density at radius 1 is 1.21 bits per heavy atom. The third-order valence-electron chi connectivity index (χ3n) is 6.48. The summed E-state index contributed by atoms with van der Waals surface area (Å²) in [4.78, 5) is 27.0. The smallest absolute Gasteiger partial charge is 0.332 e. The van der Waals surface area contributed by atoms with E-state index in [0.717, 1.165) is 0 Å². The highest BCUT2D eigenvalue weighted by molar-refractivity contribution is 8.77. The summed E-state index contributed by atoms with van der Waals surface area (Å²) in [6.45, 7) is 18.0. The van der Waals surface area contributed by atoms with Crippen LogP contribution in [-0.2, 0) is 32.3 Å². The number of likely N-dealkylation sites (tertiary alicyclic amines) is 1. The maximum atomic E-state index is 13.0. The fourth-order valence-electron chi connectivity index (χ4n) is 3.36. The predicted octanol–water partition coefficient (Wildman–Crippen LogP) is 2.45. The quantitative estimate of drug-likeness (QED) is 0.0829. The summed E-state index contributed by atoms with van der Waals surface area (Å²) in [5.41, 5.74) is 0.536. The lowest BCUT2D eigenvalue weighted by Gasteiger charge is -2.42. The molecule has 210 valence electrons. The van der Waals surface area contributed by atoms with E-state index in [-0.39, 0.29) is 22.3 Å². The molecular weight excluding hydrogens is 567 g/mol. The molecule has 13 nitrogen and oxygen atoms in total. The Labute approximate surface area is 235 Å². The molecular formula is C21H35N9O4S3Si. The maximum absolute atomic E-state index is 13.0. The first-order valence-electron chi connectivity index (χ1n) is 11.9. The molecule has 17 heteroatoms. The van der Waals surface area contributed by atoms with Crippen LogP contribution in [0.4, 0.5) is 0 Å². The second kappa shape index (κ2) is 12.5. The number of amides is 1. The Balaban J connectivity index is 1.55. The van der Waals surface area contributed by atoms with Crippen LogP contribution >= 0.6 is 33.3 Å². The number of methoxy groups -OCH3 is 1. The van der Waals surface area contributed by atoms with Crippen LogP contribution in [0.5, 0.6) is 0 Å². The number of carbonyl (C=O) groups is 2. The van der Waals surface area contributed by atoms with Crippen molar-refractivity contribution in [1.82, 2.24) is 45.3 Å². The molecule has 0 N–H and O–H groups in total. The number of hydrogen-bond acceptors (Lipinski definition) is 13. The molecule has 2 aromatic rings. The van der Waals surface area contributed by atoms with Crippen LogP contribution in [0.25, 0.3) is 0 Å². The topological polar surface area (TPSA) is 143 Å². The zero-order valence-corrected chi connectivity index (χ0v) is 26.4. The maximum Gasteiger partial charge on any atom is 0.332 e. The fourth-order valence-corrected chi connectivity index (χ4v) is 7.89. The lowest BCUT2D eigenvalue weighted by atomic mass is 10.0. The molecule has 0 spiro atoms. The number of nitrogens with zero attached hydrogens (tertiary/aromatic N) is 9. The summed E-state index contributed by atoms with van der Waals surface area (Å²) in [5.74, 6) is -0.345. The van der Waals surface area contributed by atoms with Crippen LogP contribution in [-0.4, -0.2) is 102 Å². The minimum atomic E-state index is -1.93. The third kappa shape index (κ3) is 7.16. The van der Waals surface area contributed by atoms with Crippen molar-refractivity contribution in [3.63, 3.8) is 0 Å². The minimum absolute atomic E-state index is 0.0633. The number of β-lactam (4-membered cyclic amide) rings is 1. The van der Waals surface area contributed by atoms with E-state index < -0.39 is 20.3 Å². The highest BCUT2D eigenvalue weighted by Crippen LogP contribution is 2.40. The number of rotatable bonds is 13. The van der Waals surface area contributed by atoms with Crippen molar-refractivity contribution >= 4 is 53.5 Å². The van der Waals surface area contributed by atoms with E-state index >= 15 is 0 Å². The van der Waals surface area contributed by atoms with E-state index in [0.29, 0.717) is 34.7 Å². The molecule has 38 heavy (non-hydrogen) atoms. The van der Waals surface area contributed by atoms with Gasteiger partial charge in [-0.25, -0.2) is 14.2 Å². The zero-order valence-electron chi connectivity index (χ0n) is 22.9. The number of aromatic nitrogens is 8. The normalized spacial score (nSPS) is 17.7. The SMILES string of the molecule is C=C(CSc1nnnn1C)C(C(=O)OC)N1C[C@H](SSc2nnnn2C[C@@H](C)O[Si](C)(C)C(C)(C)C)C1=O. The van der Waals surface area contributed by atoms with Gasteiger partial charge in [-0.15, -0.1) is 10.2 Å². The average molecular weight is 602 g/mol. The Hall–Kier alpha value is -1.95. The summed E-state index contributed by atoms with van der Waals surface area (Å²) in [6.07, 6.45) is -0.0633. The number of thioether (sulfide) groups is 1. The summed E-state index contributed by atoms with van der Waals surface area (Å²) >= 11 is 1.33. The molecule has 3 atom stereocenters. The summed E-state index contributed by atoms with van der Waals surface area (Å²) < 4.78 is 14.6. The molecule has 0 saturated carbocycles. The van der Waals surface area contributed by atoms with E-state index in [2.05, 4.69) is 71.5 Å². The lowest BCUT2D eigenvalue weighted by molar-refractivity contribution is -0.155. The van der Waals surface area contributed by atoms with Crippen molar-refractivity contribution in [3.05, 3.63) is 12.2 Å². The summed E-state index contributed by atoms with van der Waals surface area (Å²) in [5, 5.41) is 24.3. The van der Waals surface area contributed by atoms with E-state index in [1.807, 2.05) is 6.92 Å². The average Bonchev–Trinajstić information content (AvgIpc) is 3.45. The molecule has 1 unspecified atom stereocenters.